The van der Waals surface area contributed by atoms with Crippen molar-refractivity contribution in [2.45, 2.75) is 0 Å². The molecule has 0 unspecified atom stereocenters. The summed E-state index contributed by atoms with van der Waals surface area (Å²) in [6.45, 7) is 15.0. The Balaban J connectivity index is 1.93. The Morgan fingerprint density at radius 2 is 0.673 bits per heavy atom. The summed E-state index contributed by atoms with van der Waals surface area (Å²) in [7, 11) is 0. The molecule has 5 aromatic rings. The van der Waals surface area contributed by atoms with Gasteiger partial charge in [-0.1, -0.05) is 12.1 Å². The standard InChI is InChI=1S/C36H8F12N4/c1-51-23(11-49)21-9-20(14-4-16(8-18(38)6-14)26-29(41)33(45)36(48)34(46)30(26)42)22(24(12-50)52-2)10-19(21)13-3-15(7-17(37)5-13)25-27(39)31(43)35(47)32(44)28(25)40/h3-10H/b23-21-,24-22+. The SMILES string of the molecule is [C-]#[N+]/C(C#N)=c1/cc(-c2cc(F)cc(-c3c(F)c(F)c(F)c(F)c3F)c2)/c(=C(\C#N)[N+]#[C-])cc1-c1cc(F)cc(-c2c(F)c(F)c(F)c(F)c2F)c1. The van der Waals surface area contributed by atoms with Crippen LogP contribution in [0.4, 0.5) is 52.7 Å². The number of hydrogen-bond donors (Lipinski definition) is 0. The van der Waals surface area contributed by atoms with Crippen LogP contribution < -0.4 is 10.4 Å². The summed E-state index contributed by atoms with van der Waals surface area (Å²) in [6, 6.07) is 8.09. The van der Waals surface area contributed by atoms with Gasteiger partial charge in [-0.3, -0.25) is 0 Å². The molecule has 0 saturated heterocycles. The highest BCUT2D eigenvalue weighted by molar-refractivity contribution is 5.85. The van der Waals surface area contributed by atoms with Crippen molar-refractivity contribution in [3.05, 3.63) is 152 Å². The van der Waals surface area contributed by atoms with Crippen molar-refractivity contribution >= 4 is 11.4 Å². The fraction of sp³-hybridized carbons (Fsp3) is 0. The second-order valence-corrected chi connectivity index (χ2v) is 10.4. The fourth-order valence-electron chi connectivity index (χ4n) is 5.26. The van der Waals surface area contributed by atoms with Gasteiger partial charge >= 0.3 is 0 Å². The van der Waals surface area contributed by atoms with Crippen LogP contribution in [-0.2, 0) is 0 Å². The van der Waals surface area contributed by atoms with E-state index < -0.39 is 136 Å². The number of benzene rings is 5. The molecule has 0 aliphatic heterocycles. The van der Waals surface area contributed by atoms with Crippen molar-refractivity contribution in [1.29, 1.82) is 10.5 Å². The first-order valence-electron chi connectivity index (χ1n) is 13.7. The zero-order valence-corrected chi connectivity index (χ0v) is 24.9. The molecule has 5 rings (SSSR count). The Labute approximate surface area is 282 Å². The van der Waals surface area contributed by atoms with Crippen LogP contribution in [0.2, 0.25) is 0 Å². The Bertz CT molecular complexity index is 2440. The zero-order valence-electron chi connectivity index (χ0n) is 24.9. The molecule has 0 heterocycles. The molecular weight excluding hydrogens is 716 g/mol. The molecule has 16 heteroatoms. The molecule has 0 aliphatic carbocycles. The van der Waals surface area contributed by atoms with E-state index in [1.165, 1.54) is 12.1 Å². The normalized spacial score (nSPS) is 12.0. The average molecular weight is 724 g/mol. The van der Waals surface area contributed by atoms with E-state index in [2.05, 4.69) is 9.69 Å². The van der Waals surface area contributed by atoms with Crippen LogP contribution in [0.1, 0.15) is 0 Å². The van der Waals surface area contributed by atoms with Crippen LogP contribution in [0.25, 0.3) is 65.6 Å². The summed E-state index contributed by atoms with van der Waals surface area (Å²) in [6.07, 6.45) is 0. The molecule has 52 heavy (non-hydrogen) atoms. The van der Waals surface area contributed by atoms with Gasteiger partial charge in [0.05, 0.1) is 36.4 Å². The Morgan fingerprint density at radius 3 is 0.942 bits per heavy atom. The molecule has 4 nitrogen and oxygen atoms in total. The molecule has 0 radical (unpaired) electrons. The third-order valence-electron chi connectivity index (χ3n) is 7.52. The van der Waals surface area contributed by atoms with E-state index >= 15 is 8.78 Å². The third-order valence-corrected chi connectivity index (χ3v) is 7.52. The highest BCUT2D eigenvalue weighted by Crippen LogP contribution is 2.36. The molecule has 5 aromatic carbocycles. The lowest BCUT2D eigenvalue weighted by Gasteiger charge is -2.14. The van der Waals surface area contributed by atoms with Crippen LogP contribution in [0.15, 0.2) is 48.5 Å². The van der Waals surface area contributed by atoms with Crippen molar-refractivity contribution in [2.75, 3.05) is 0 Å². The van der Waals surface area contributed by atoms with Gasteiger partial charge in [-0.2, -0.15) is 0 Å². The van der Waals surface area contributed by atoms with Gasteiger partial charge < -0.3 is 0 Å². The predicted octanol–water partition coefficient (Wildman–Crippen LogP) is 9.13. The number of halogens is 12. The second kappa shape index (κ2) is 13.7. The van der Waals surface area contributed by atoms with Gasteiger partial charge in [0.25, 0.3) is 11.4 Å². The summed E-state index contributed by atoms with van der Waals surface area (Å²) in [4.78, 5) is 6.07. The molecule has 0 fully saturated rings. The van der Waals surface area contributed by atoms with E-state index in [0.717, 1.165) is 12.1 Å². The molecule has 0 saturated carbocycles. The molecule has 0 atom stereocenters. The van der Waals surface area contributed by atoms with Crippen molar-refractivity contribution in [3.8, 4) is 56.6 Å². The molecule has 0 aliphatic rings. The number of nitriles is 2. The number of rotatable bonds is 4. The van der Waals surface area contributed by atoms with Crippen LogP contribution in [-0.4, -0.2) is 0 Å². The van der Waals surface area contributed by atoms with Crippen LogP contribution in [0.3, 0.4) is 0 Å². The van der Waals surface area contributed by atoms with Gasteiger partial charge in [0, 0.05) is 0 Å². The molecule has 0 amide bonds. The zero-order chi connectivity index (χ0) is 38.3. The number of nitrogens with zero attached hydrogens (tertiary/aromatic N) is 4. The summed E-state index contributed by atoms with van der Waals surface area (Å²) in [5.41, 5.74) is -8.70. The van der Waals surface area contributed by atoms with Crippen molar-refractivity contribution < 1.29 is 52.7 Å². The van der Waals surface area contributed by atoms with Crippen LogP contribution in [0.5, 0.6) is 0 Å². The quantitative estimate of drug-likeness (QED) is 0.0804. The minimum absolute atomic E-state index is 0.389. The first-order chi connectivity index (χ1) is 24.6. The highest BCUT2D eigenvalue weighted by Gasteiger charge is 2.29. The lowest BCUT2D eigenvalue weighted by Crippen LogP contribution is -2.19. The maximum atomic E-state index is 15.0. The number of hydrogen-bond acceptors (Lipinski definition) is 2. The lowest BCUT2D eigenvalue weighted by atomic mass is 9.91. The molecule has 0 spiro atoms. The summed E-state index contributed by atoms with van der Waals surface area (Å²) in [5.74, 6) is -26.6. The largest absolute Gasteiger partial charge is 0.269 e. The van der Waals surface area contributed by atoms with Crippen molar-refractivity contribution in [3.63, 3.8) is 0 Å². The first kappa shape index (κ1) is 36.2. The van der Waals surface area contributed by atoms with Gasteiger partial charge in [-0.15, -0.1) is 0 Å². The van der Waals surface area contributed by atoms with Crippen LogP contribution >= 0.6 is 0 Å². The Morgan fingerprint density at radius 1 is 0.404 bits per heavy atom. The van der Waals surface area contributed by atoms with E-state index in [9.17, 15) is 54.4 Å². The Kier molecular flexibility index (Phi) is 9.55. The smallest absolute Gasteiger partial charge is 0.226 e. The molecule has 0 aromatic heterocycles. The van der Waals surface area contributed by atoms with Gasteiger partial charge in [0.1, 0.15) is 11.6 Å². The molecule has 0 N–H and O–H groups in total. The van der Waals surface area contributed by atoms with E-state index in [0.29, 0.717) is 36.4 Å². The lowest BCUT2D eigenvalue weighted by molar-refractivity contribution is 0.381. The highest BCUT2D eigenvalue weighted by atomic mass is 19.2. The fourth-order valence-corrected chi connectivity index (χ4v) is 5.26. The van der Waals surface area contributed by atoms with Gasteiger partial charge in [0.15, 0.2) is 46.5 Å². The summed E-state index contributed by atoms with van der Waals surface area (Å²) in [5, 5.41) is 18.5. The second-order valence-electron chi connectivity index (χ2n) is 10.4. The minimum Gasteiger partial charge on any atom is -0.226 e. The molecule has 256 valence electrons. The van der Waals surface area contributed by atoms with E-state index in [1.807, 2.05) is 0 Å². The maximum Gasteiger partial charge on any atom is 0.269 e. The molecular formula is C36H8F12N4. The minimum atomic E-state index is -2.51. The van der Waals surface area contributed by atoms with Gasteiger partial charge in [-0.25, -0.2) is 72.9 Å². The van der Waals surface area contributed by atoms with Crippen molar-refractivity contribution in [1.82, 2.24) is 0 Å². The van der Waals surface area contributed by atoms with Crippen molar-refractivity contribution in [2.24, 2.45) is 0 Å². The van der Waals surface area contributed by atoms with Gasteiger partial charge in [-0.05, 0) is 80.2 Å². The predicted molar refractivity (Wildman–Crippen MR) is 158 cm³/mol. The average Bonchev–Trinajstić information content (AvgIpc) is 3.12. The van der Waals surface area contributed by atoms with E-state index in [4.69, 9.17) is 13.1 Å². The summed E-state index contributed by atoms with van der Waals surface area (Å²) >= 11 is 0. The van der Waals surface area contributed by atoms with E-state index in [1.54, 1.807) is 0 Å². The first-order valence-corrected chi connectivity index (χ1v) is 13.7. The Hall–Kier alpha value is -7.04. The third kappa shape index (κ3) is 5.93. The topological polar surface area (TPSA) is 56.3 Å². The summed E-state index contributed by atoms with van der Waals surface area (Å²) < 4.78 is 173. The monoisotopic (exact) mass is 724 g/mol. The molecule has 0 bridgehead atoms. The maximum absolute atomic E-state index is 15.0. The van der Waals surface area contributed by atoms with Crippen LogP contribution in [0, 0.1) is 106 Å². The van der Waals surface area contributed by atoms with E-state index in [-0.39, 0.29) is 0 Å². The van der Waals surface area contributed by atoms with Gasteiger partial charge in [0.2, 0.25) is 11.6 Å².